The average Bonchev–Trinajstić information content (AvgIpc) is 3.04. The summed E-state index contributed by atoms with van der Waals surface area (Å²) in [5.41, 5.74) is -0.618. The van der Waals surface area contributed by atoms with Crippen molar-refractivity contribution in [1.82, 2.24) is 14.9 Å². The van der Waals surface area contributed by atoms with E-state index in [1.807, 2.05) is 20.8 Å². The molecule has 0 aliphatic carbocycles. The molecule has 0 amide bonds. The Labute approximate surface area is 155 Å². The van der Waals surface area contributed by atoms with E-state index in [4.69, 9.17) is 0 Å². The third-order valence-electron chi connectivity index (χ3n) is 3.82. The molecule has 0 bridgehead atoms. The van der Waals surface area contributed by atoms with Crippen molar-refractivity contribution >= 4 is 32.3 Å². The predicted octanol–water partition coefficient (Wildman–Crippen LogP) is 1.16. The second kappa shape index (κ2) is 8.37. The first kappa shape index (κ1) is 20.0. The number of piperazine rings is 1. The van der Waals surface area contributed by atoms with Crippen LogP contribution in [0.15, 0.2) is 22.5 Å². The summed E-state index contributed by atoms with van der Waals surface area (Å²) in [4.78, 5) is 9.30. The van der Waals surface area contributed by atoms with Crippen LogP contribution in [0.4, 0.5) is 5.00 Å². The third-order valence-corrected chi connectivity index (χ3v) is 5.67. The highest BCUT2D eigenvalue weighted by Crippen LogP contribution is 2.22. The lowest BCUT2D eigenvalue weighted by Gasteiger charge is -2.37. The van der Waals surface area contributed by atoms with E-state index in [-0.39, 0.29) is 0 Å². The average molecular weight is 388 g/mol. The van der Waals surface area contributed by atoms with Crippen LogP contribution >= 0.6 is 11.3 Å². The standard InChI is InChI=1S/C16H29N5O2S2/c1-5-17-15(18-13-16(2,3)19-25(4,22)23)21-10-8-20(9-11-21)14-7-6-12-24-14/h6-7,12,19H,5,8-11,13H2,1-4H3,(H,17,18). The van der Waals surface area contributed by atoms with Crippen molar-refractivity contribution in [3.8, 4) is 0 Å². The molecule has 0 spiro atoms. The normalized spacial score (nSPS) is 17.0. The van der Waals surface area contributed by atoms with Crippen molar-refractivity contribution < 1.29 is 8.42 Å². The van der Waals surface area contributed by atoms with Gasteiger partial charge in [0.15, 0.2) is 5.96 Å². The van der Waals surface area contributed by atoms with E-state index in [2.05, 4.69) is 42.3 Å². The SMILES string of the molecule is CCNC(=NCC(C)(C)NS(C)(=O)=O)N1CCN(c2cccs2)CC1. The van der Waals surface area contributed by atoms with Gasteiger partial charge < -0.3 is 15.1 Å². The number of nitrogens with one attached hydrogen (secondary N) is 2. The molecule has 1 aliphatic heterocycles. The van der Waals surface area contributed by atoms with Gasteiger partial charge in [0.25, 0.3) is 0 Å². The molecule has 0 saturated carbocycles. The zero-order valence-corrected chi connectivity index (χ0v) is 17.1. The van der Waals surface area contributed by atoms with Crippen molar-refractivity contribution in [3.05, 3.63) is 17.5 Å². The summed E-state index contributed by atoms with van der Waals surface area (Å²) in [5.74, 6) is 0.844. The molecule has 25 heavy (non-hydrogen) atoms. The van der Waals surface area contributed by atoms with E-state index >= 15 is 0 Å². The second-order valence-corrected chi connectivity index (χ2v) is 9.53. The molecule has 0 unspecified atom stereocenters. The molecule has 0 atom stereocenters. The Morgan fingerprint density at radius 2 is 2.00 bits per heavy atom. The van der Waals surface area contributed by atoms with Gasteiger partial charge in [0, 0.05) is 38.3 Å². The summed E-state index contributed by atoms with van der Waals surface area (Å²) < 4.78 is 25.6. The molecule has 1 aromatic rings. The third kappa shape index (κ3) is 6.48. The molecule has 9 heteroatoms. The van der Waals surface area contributed by atoms with Crippen LogP contribution in [0.5, 0.6) is 0 Å². The Bertz CT molecular complexity index is 663. The number of hydrogen-bond acceptors (Lipinski definition) is 5. The highest BCUT2D eigenvalue weighted by Gasteiger charge is 2.24. The van der Waals surface area contributed by atoms with Crippen LogP contribution in [0.3, 0.4) is 0 Å². The molecule has 7 nitrogen and oxygen atoms in total. The summed E-state index contributed by atoms with van der Waals surface area (Å²) in [6.45, 7) is 10.6. The minimum Gasteiger partial charge on any atom is -0.360 e. The zero-order chi connectivity index (χ0) is 18.5. The first-order valence-electron chi connectivity index (χ1n) is 8.51. The Morgan fingerprint density at radius 3 is 2.52 bits per heavy atom. The van der Waals surface area contributed by atoms with Crippen LogP contribution in [0, 0.1) is 0 Å². The van der Waals surface area contributed by atoms with Gasteiger partial charge in [0.1, 0.15) is 0 Å². The fourth-order valence-corrected chi connectivity index (χ4v) is 4.67. The van der Waals surface area contributed by atoms with E-state index in [9.17, 15) is 8.42 Å². The largest absolute Gasteiger partial charge is 0.360 e. The van der Waals surface area contributed by atoms with Crippen LogP contribution in [0.1, 0.15) is 20.8 Å². The molecule has 0 aromatic carbocycles. The smallest absolute Gasteiger partial charge is 0.209 e. The van der Waals surface area contributed by atoms with Gasteiger partial charge in [0.2, 0.25) is 10.0 Å². The summed E-state index contributed by atoms with van der Waals surface area (Å²) in [6.07, 6.45) is 1.17. The molecule has 1 saturated heterocycles. The number of sulfonamides is 1. The molecule has 1 aliphatic rings. The Kier molecular flexibility index (Phi) is 6.70. The molecular weight excluding hydrogens is 358 g/mol. The van der Waals surface area contributed by atoms with Gasteiger partial charge in [-0.15, -0.1) is 11.3 Å². The summed E-state index contributed by atoms with van der Waals surface area (Å²) in [6, 6.07) is 4.23. The van der Waals surface area contributed by atoms with Crippen molar-refractivity contribution in [2.75, 3.05) is 50.4 Å². The van der Waals surface area contributed by atoms with Crippen molar-refractivity contribution in [3.63, 3.8) is 0 Å². The van der Waals surface area contributed by atoms with Crippen molar-refractivity contribution in [2.45, 2.75) is 26.3 Å². The number of rotatable bonds is 6. The zero-order valence-electron chi connectivity index (χ0n) is 15.4. The monoisotopic (exact) mass is 387 g/mol. The maximum absolute atomic E-state index is 11.5. The summed E-state index contributed by atoms with van der Waals surface area (Å²) in [7, 11) is -3.26. The number of guanidine groups is 1. The fourth-order valence-electron chi connectivity index (χ4n) is 2.82. The highest BCUT2D eigenvalue weighted by atomic mass is 32.2. The number of nitrogens with zero attached hydrogens (tertiary/aromatic N) is 3. The van der Waals surface area contributed by atoms with E-state index in [1.54, 1.807) is 11.3 Å². The minimum atomic E-state index is -3.26. The van der Waals surface area contributed by atoms with Gasteiger partial charge in [-0.1, -0.05) is 0 Å². The maximum atomic E-state index is 11.5. The molecule has 2 N–H and O–H groups in total. The Morgan fingerprint density at radius 1 is 1.32 bits per heavy atom. The van der Waals surface area contributed by atoms with Crippen LogP contribution in [-0.2, 0) is 10.0 Å². The maximum Gasteiger partial charge on any atom is 0.209 e. The highest BCUT2D eigenvalue weighted by molar-refractivity contribution is 7.88. The predicted molar refractivity (Wildman–Crippen MR) is 106 cm³/mol. The van der Waals surface area contributed by atoms with E-state index in [0.717, 1.165) is 38.7 Å². The van der Waals surface area contributed by atoms with Gasteiger partial charge in [-0.05, 0) is 38.3 Å². The molecule has 2 heterocycles. The Hall–Kier alpha value is -1.32. The van der Waals surface area contributed by atoms with E-state index in [1.165, 1.54) is 11.3 Å². The quantitative estimate of drug-likeness (QED) is 0.566. The van der Waals surface area contributed by atoms with Gasteiger partial charge >= 0.3 is 0 Å². The molecule has 2 rings (SSSR count). The van der Waals surface area contributed by atoms with E-state index < -0.39 is 15.6 Å². The lowest BCUT2D eigenvalue weighted by molar-refractivity contribution is 0.370. The lowest BCUT2D eigenvalue weighted by Crippen LogP contribution is -2.53. The van der Waals surface area contributed by atoms with Crippen LogP contribution in [-0.4, -0.2) is 70.3 Å². The number of aliphatic imine (C=N–C) groups is 1. The first-order chi connectivity index (χ1) is 11.7. The molecular formula is C16H29N5O2S2. The van der Waals surface area contributed by atoms with Crippen LogP contribution in [0.2, 0.25) is 0 Å². The van der Waals surface area contributed by atoms with Crippen LogP contribution in [0.25, 0.3) is 0 Å². The van der Waals surface area contributed by atoms with Gasteiger partial charge in [0.05, 0.1) is 17.8 Å². The van der Waals surface area contributed by atoms with Gasteiger partial charge in [-0.2, -0.15) is 0 Å². The molecule has 1 fully saturated rings. The summed E-state index contributed by atoms with van der Waals surface area (Å²) in [5, 5.41) is 6.73. The molecule has 142 valence electrons. The number of anilines is 1. The summed E-state index contributed by atoms with van der Waals surface area (Å²) >= 11 is 1.76. The van der Waals surface area contributed by atoms with Crippen molar-refractivity contribution in [2.24, 2.45) is 4.99 Å². The Balaban J connectivity index is 1.98. The van der Waals surface area contributed by atoms with Gasteiger partial charge in [-0.3, -0.25) is 4.99 Å². The minimum absolute atomic E-state index is 0.382. The second-order valence-electron chi connectivity index (χ2n) is 6.85. The van der Waals surface area contributed by atoms with Crippen molar-refractivity contribution in [1.29, 1.82) is 0 Å². The fraction of sp³-hybridized carbons (Fsp3) is 0.688. The number of thiophene rings is 1. The van der Waals surface area contributed by atoms with Crippen LogP contribution < -0.4 is 14.9 Å². The molecule has 1 aromatic heterocycles. The van der Waals surface area contributed by atoms with Gasteiger partial charge in [-0.25, -0.2) is 13.1 Å². The topological polar surface area (TPSA) is 77.0 Å². The molecule has 0 radical (unpaired) electrons. The first-order valence-corrected chi connectivity index (χ1v) is 11.3. The number of hydrogen-bond donors (Lipinski definition) is 2. The lowest BCUT2D eigenvalue weighted by atomic mass is 10.1. The van der Waals surface area contributed by atoms with E-state index in [0.29, 0.717) is 6.54 Å².